The number of rotatable bonds is 5. The Kier molecular flexibility index (Phi) is 5.95. The Hall–Kier alpha value is -1.95. The summed E-state index contributed by atoms with van der Waals surface area (Å²) in [4.78, 5) is 0. The Morgan fingerprint density at radius 2 is 1.11 bits per heavy atom. The normalized spacial score (nSPS) is 23.3. The van der Waals surface area contributed by atoms with Gasteiger partial charge in [-0.15, -0.1) is 0 Å². The van der Waals surface area contributed by atoms with E-state index in [2.05, 4.69) is 105 Å². The van der Waals surface area contributed by atoms with Crippen molar-refractivity contribution in [3.8, 4) is 0 Å². The van der Waals surface area contributed by atoms with Gasteiger partial charge in [0.05, 0.1) is 0 Å². The van der Waals surface area contributed by atoms with Crippen molar-refractivity contribution in [2.75, 3.05) is 6.16 Å². The van der Waals surface area contributed by atoms with E-state index in [9.17, 15) is 0 Å². The SMILES string of the molecule is CC1CC(C)OC(C[PH](c2ccccc2)(c2ccccc2)c2ccccc2)C1. The first-order chi connectivity index (χ1) is 13.7. The van der Waals surface area contributed by atoms with Crippen LogP contribution >= 0.6 is 7.26 Å². The molecule has 146 valence electrons. The van der Waals surface area contributed by atoms with Gasteiger partial charge in [0.15, 0.2) is 0 Å². The predicted molar refractivity (Wildman–Crippen MR) is 124 cm³/mol. The van der Waals surface area contributed by atoms with Crippen molar-refractivity contribution < 1.29 is 4.74 Å². The molecule has 1 aliphatic rings. The van der Waals surface area contributed by atoms with Crippen LogP contribution in [0.25, 0.3) is 0 Å². The van der Waals surface area contributed by atoms with Gasteiger partial charge in [0.1, 0.15) is 0 Å². The van der Waals surface area contributed by atoms with Crippen LogP contribution in [-0.4, -0.2) is 18.4 Å². The maximum atomic E-state index is 6.51. The van der Waals surface area contributed by atoms with Gasteiger partial charge in [0.25, 0.3) is 0 Å². The molecule has 4 rings (SSSR count). The summed E-state index contributed by atoms with van der Waals surface area (Å²) in [5, 5.41) is 4.42. The zero-order valence-corrected chi connectivity index (χ0v) is 17.9. The van der Waals surface area contributed by atoms with E-state index >= 15 is 0 Å². The van der Waals surface area contributed by atoms with Crippen LogP contribution in [0, 0.1) is 5.92 Å². The number of ether oxygens (including phenoxy) is 1. The molecule has 0 saturated carbocycles. The molecule has 0 spiro atoms. The molecular formula is C26H31OP. The van der Waals surface area contributed by atoms with Crippen LogP contribution in [0.3, 0.4) is 0 Å². The molecule has 3 unspecified atom stereocenters. The monoisotopic (exact) mass is 390 g/mol. The Balaban J connectivity index is 1.88. The Morgan fingerprint density at radius 3 is 1.50 bits per heavy atom. The molecule has 1 heterocycles. The van der Waals surface area contributed by atoms with E-state index in [-0.39, 0.29) is 0 Å². The van der Waals surface area contributed by atoms with E-state index < -0.39 is 7.26 Å². The summed E-state index contributed by atoms with van der Waals surface area (Å²) in [6, 6.07) is 33.5. The molecule has 1 aliphatic heterocycles. The molecule has 1 saturated heterocycles. The van der Waals surface area contributed by atoms with Gasteiger partial charge in [-0.2, -0.15) is 0 Å². The van der Waals surface area contributed by atoms with Gasteiger partial charge in [-0.25, -0.2) is 0 Å². The van der Waals surface area contributed by atoms with E-state index in [0.717, 1.165) is 18.5 Å². The molecule has 3 aromatic rings. The van der Waals surface area contributed by atoms with Crippen LogP contribution in [0.5, 0.6) is 0 Å². The Labute approximate surface area is 170 Å². The first-order valence-electron chi connectivity index (χ1n) is 10.5. The number of hydrogen-bond donors (Lipinski definition) is 0. The van der Waals surface area contributed by atoms with Crippen LogP contribution in [-0.2, 0) is 4.74 Å². The second kappa shape index (κ2) is 8.60. The van der Waals surface area contributed by atoms with E-state index in [1.165, 1.54) is 22.3 Å². The molecule has 0 radical (unpaired) electrons. The first-order valence-corrected chi connectivity index (χ1v) is 12.7. The van der Waals surface area contributed by atoms with Crippen LogP contribution < -0.4 is 15.9 Å². The van der Waals surface area contributed by atoms with Gasteiger partial charge in [-0.05, 0) is 0 Å². The van der Waals surface area contributed by atoms with Gasteiger partial charge in [-0.1, -0.05) is 0 Å². The van der Waals surface area contributed by atoms with Gasteiger partial charge >= 0.3 is 170 Å². The van der Waals surface area contributed by atoms with Gasteiger partial charge in [0.2, 0.25) is 0 Å². The van der Waals surface area contributed by atoms with Crippen molar-refractivity contribution in [2.45, 2.75) is 38.9 Å². The summed E-state index contributed by atoms with van der Waals surface area (Å²) in [5.74, 6) is 0.725. The van der Waals surface area contributed by atoms with E-state index in [1.54, 1.807) is 0 Å². The summed E-state index contributed by atoms with van der Waals surface area (Å²) < 4.78 is 6.51. The molecule has 0 N–H and O–H groups in total. The van der Waals surface area contributed by atoms with Crippen molar-refractivity contribution >= 4 is 23.2 Å². The molecule has 1 nitrogen and oxygen atoms in total. The van der Waals surface area contributed by atoms with E-state index in [4.69, 9.17) is 4.74 Å². The molecule has 0 aromatic heterocycles. The Bertz CT molecular complexity index is 756. The number of hydrogen-bond acceptors (Lipinski definition) is 1. The fraction of sp³-hybridized carbons (Fsp3) is 0.308. The molecule has 0 aliphatic carbocycles. The molecule has 0 bridgehead atoms. The molecule has 28 heavy (non-hydrogen) atoms. The molecule has 2 heteroatoms. The third-order valence-electron chi connectivity index (χ3n) is 6.16. The molecule has 3 aromatic carbocycles. The van der Waals surface area contributed by atoms with Gasteiger partial charge in [0, 0.05) is 0 Å². The standard InChI is InChI=1S/C26H31OP/c1-21-18-22(2)27-23(19-21)20-28(24-12-6-3-7-13-24,25-14-8-4-9-15-25)26-16-10-5-11-17-26/h3-17,21-23,28H,18-20H2,1-2H3. The van der Waals surface area contributed by atoms with Crippen molar-refractivity contribution in [3.05, 3.63) is 91.0 Å². The van der Waals surface area contributed by atoms with Gasteiger partial charge < -0.3 is 0 Å². The van der Waals surface area contributed by atoms with Crippen LogP contribution in [0.1, 0.15) is 26.7 Å². The maximum absolute atomic E-state index is 6.51. The average molecular weight is 391 g/mol. The third kappa shape index (κ3) is 3.93. The van der Waals surface area contributed by atoms with Crippen LogP contribution in [0.2, 0.25) is 0 Å². The van der Waals surface area contributed by atoms with E-state index in [0.29, 0.717) is 12.2 Å². The zero-order valence-electron chi connectivity index (χ0n) is 16.9. The summed E-state index contributed by atoms with van der Waals surface area (Å²) in [5.41, 5.74) is 0. The van der Waals surface area contributed by atoms with Crippen LogP contribution in [0.4, 0.5) is 0 Å². The summed E-state index contributed by atoms with van der Waals surface area (Å²) in [6.07, 6.45) is 4.09. The molecule has 0 amide bonds. The molecular weight excluding hydrogens is 359 g/mol. The molecule has 3 atom stereocenters. The first kappa shape index (κ1) is 19.4. The van der Waals surface area contributed by atoms with Crippen molar-refractivity contribution in [1.82, 2.24) is 0 Å². The fourth-order valence-electron chi connectivity index (χ4n) is 5.05. The fourth-order valence-corrected chi connectivity index (χ4v) is 9.98. The van der Waals surface area contributed by atoms with Crippen molar-refractivity contribution in [1.29, 1.82) is 0 Å². The number of benzene rings is 3. The van der Waals surface area contributed by atoms with Crippen molar-refractivity contribution in [3.63, 3.8) is 0 Å². The second-order valence-corrected chi connectivity index (χ2v) is 12.3. The summed E-state index contributed by atoms with van der Waals surface area (Å²) in [7, 11) is -2.20. The zero-order chi connectivity index (χ0) is 19.4. The molecule has 1 fully saturated rings. The van der Waals surface area contributed by atoms with Crippen LogP contribution in [0.15, 0.2) is 91.0 Å². The second-order valence-electron chi connectivity index (χ2n) is 8.35. The summed E-state index contributed by atoms with van der Waals surface area (Å²) >= 11 is 0. The minimum absolute atomic E-state index is 0.311. The average Bonchev–Trinajstić information content (AvgIpc) is 2.73. The quantitative estimate of drug-likeness (QED) is 0.562. The summed E-state index contributed by atoms with van der Waals surface area (Å²) in [6.45, 7) is 4.61. The minimum atomic E-state index is -2.20. The predicted octanol–water partition coefficient (Wildman–Crippen LogP) is 4.92. The topological polar surface area (TPSA) is 9.23 Å². The Morgan fingerprint density at radius 1 is 0.679 bits per heavy atom. The van der Waals surface area contributed by atoms with Crippen molar-refractivity contribution in [2.24, 2.45) is 5.92 Å². The van der Waals surface area contributed by atoms with E-state index in [1.807, 2.05) is 0 Å². The van der Waals surface area contributed by atoms with Gasteiger partial charge in [-0.3, -0.25) is 0 Å². The third-order valence-corrected chi connectivity index (χ3v) is 11.2.